The zero-order valence-corrected chi connectivity index (χ0v) is 21.0. The highest BCUT2D eigenvalue weighted by molar-refractivity contribution is 6.11. The van der Waals surface area contributed by atoms with Gasteiger partial charge in [-0.2, -0.15) is 5.10 Å². The van der Waals surface area contributed by atoms with Gasteiger partial charge >= 0.3 is 0 Å². The summed E-state index contributed by atoms with van der Waals surface area (Å²) in [7, 11) is 3.18. The zero-order chi connectivity index (χ0) is 25.8. The maximum atomic E-state index is 13.6. The van der Waals surface area contributed by atoms with Gasteiger partial charge in [0.2, 0.25) is 0 Å². The SMILES string of the molecule is CCc1ccc(-c2[nH]nc3nc(-c4ccc(OC)c(OC)c4)cc(C(=O)NCc4ccccc4)c23)cc1. The molecule has 2 heterocycles. The number of aromatic nitrogens is 3. The summed E-state index contributed by atoms with van der Waals surface area (Å²) in [6.45, 7) is 2.53. The average molecular weight is 493 g/mol. The third kappa shape index (κ3) is 4.89. The number of hydrogen-bond acceptors (Lipinski definition) is 5. The molecule has 3 aromatic carbocycles. The molecule has 37 heavy (non-hydrogen) atoms. The number of nitrogens with one attached hydrogen (secondary N) is 2. The summed E-state index contributed by atoms with van der Waals surface area (Å²) in [6.07, 6.45) is 0.952. The Hall–Kier alpha value is -4.65. The Morgan fingerprint density at radius 3 is 2.30 bits per heavy atom. The summed E-state index contributed by atoms with van der Waals surface area (Å²) in [6, 6.07) is 25.4. The van der Waals surface area contributed by atoms with Crippen molar-refractivity contribution in [3.63, 3.8) is 0 Å². The van der Waals surface area contributed by atoms with E-state index in [1.807, 2.05) is 66.7 Å². The van der Waals surface area contributed by atoms with Gasteiger partial charge in [-0.15, -0.1) is 0 Å². The van der Waals surface area contributed by atoms with Crippen LogP contribution in [0.15, 0.2) is 78.9 Å². The number of benzene rings is 3. The summed E-state index contributed by atoms with van der Waals surface area (Å²) in [5.41, 5.74) is 6.31. The number of H-pyrrole nitrogens is 1. The fraction of sp³-hybridized carbons (Fsp3) is 0.167. The average Bonchev–Trinajstić information content (AvgIpc) is 3.39. The number of nitrogens with zero attached hydrogens (tertiary/aromatic N) is 2. The van der Waals surface area contributed by atoms with Crippen LogP contribution in [0.3, 0.4) is 0 Å². The first-order valence-electron chi connectivity index (χ1n) is 12.1. The topological polar surface area (TPSA) is 89.1 Å². The molecular weight excluding hydrogens is 464 g/mol. The molecule has 2 N–H and O–H groups in total. The number of hydrogen-bond donors (Lipinski definition) is 2. The van der Waals surface area contributed by atoms with Gasteiger partial charge in [-0.3, -0.25) is 9.89 Å². The lowest BCUT2D eigenvalue weighted by Crippen LogP contribution is -2.23. The van der Waals surface area contributed by atoms with Crippen LogP contribution in [-0.4, -0.2) is 35.3 Å². The van der Waals surface area contributed by atoms with Gasteiger partial charge < -0.3 is 14.8 Å². The molecule has 0 aliphatic carbocycles. The van der Waals surface area contributed by atoms with E-state index < -0.39 is 0 Å². The van der Waals surface area contributed by atoms with Crippen molar-refractivity contribution in [1.29, 1.82) is 0 Å². The minimum absolute atomic E-state index is 0.203. The van der Waals surface area contributed by atoms with Crippen LogP contribution in [0.25, 0.3) is 33.5 Å². The Morgan fingerprint density at radius 2 is 1.59 bits per heavy atom. The maximum absolute atomic E-state index is 13.6. The molecule has 0 spiro atoms. The molecule has 7 heteroatoms. The minimum atomic E-state index is -0.203. The number of amides is 1. The molecule has 0 aliphatic rings. The lowest BCUT2D eigenvalue weighted by Gasteiger charge is -2.12. The molecular formula is C30H28N4O3. The predicted octanol–water partition coefficient (Wildman–Crippen LogP) is 5.80. The first kappa shape index (κ1) is 24.1. The zero-order valence-electron chi connectivity index (χ0n) is 21.0. The van der Waals surface area contributed by atoms with Crippen LogP contribution < -0.4 is 14.8 Å². The van der Waals surface area contributed by atoms with Crippen molar-refractivity contribution in [2.75, 3.05) is 14.2 Å². The van der Waals surface area contributed by atoms with Crippen LogP contribution >= 0.6 is 0 Å². The maximum Gasteiger partial charge on any atom is 0.252 e. The van der Waals surface area contributed by atoms with E-state index in [0.29, 0.717) is 40.3 Å². The van der Waals surface area contributed by atoms with Crippen LogP contribution in [0.1, 0.15) is 28.4 Å². The summed E-state index contributed by atoms with van der Waals surface area (Å²) in [5.74, 6) is 0.993. The third-order valence-electron chi connectivity index (χ3n) is 6.39. The second-order valence-electron chi connectivity index (χ2n) is 8.64. The number of carbonyl (C=O) groups excluding carboxylic acids is 1. The van der Waals surface area contributed by atoms with E-state index in [0.717, 1.165) is 28.8 Å². The molecule has 7 nitrogen and oxygen atoms in total. The van der Waals surface area contributed by atoms with Crippen LogP contribution in [0.4, 0.5) is 0 Å². The van der Waals surface area contributed by atoms with Crippen molar-refractivity contribution in [2.24, 2.45) is 0 Å². The molecule has 0 bridgehead atoms. The smallest absolute Gasteiger partial charge is 0.252 e. The van der Waals surface area contributed by atoms with E-state index in [2.05, 4.69) is 34.6 Å². The molecule has 0 fully saturated rings. The van der Waals surface area contributed by atoms with E-state index >= 15 is 0 Å². The van der Waals surface area contributed by atoms with Gasteiger partial charge in [0.1, 0.15) is 0 Å². The number of aryl methyl sites for hydroxylation is 1. The van der Waals surface area contributed by atoms with Crippen LogP contribution in [0, 0.1) is 0 Å². The van der Waals surface area contributed by atoms with Gasteiger partial charge in [-0.05, 0) is 41.8 Å². The first-order valence-corrected chi connectivity index (χ1v) is 12.1. The monoisotopic (exact) mass is 492 g/mol. The second-order valence-corrected chi connectivity index (χ2v) is 8.64. The van der Waals surface area contributed by atoms with Gasteiger partial charge in [0.15, 0.2) is 17.1 Å². The quantitative estimate of drug-likeness (QED) is 0.286. The number of pyridine rings is 1. The van der Waals surface area contributed by atoms with Gasteiger partial charge in [0.25, 0.3) is 5.91 Å². The first-order chi connectivity index (χ1) is 18.1. The van der Waals surface area contributed by atoms with Crippen molar-refractivity contribution in [3.8, 4) is 34.0 Å². The summed E-state index contributed by atoms with van der Waals surface area (Å²) in [4.78, 5) is 18.4. The fourth-order valence-corrected chi connectivity index (χ4v) is 4.34. The highest BCUT2D eigenvalue weighted by Crippen LogP contribution is 2.35. The van der Waals surface area contributed by atoms with Crippen molar-refractivity contribution in [3.05, 3.63) is 95.6 Å². The Labute approximate surface area is 215 Å². The van der Waals surface area contributed by atoms with Gasteiger partial charge in [-0.1, -0.05) is 61.5 Å². The van der Waals surface area contributed by atoms with Crippen molar-refractivity contribution >= 4 is 16.9 Å². The number of ether oxygens (including phenoxy) is 2. The van der Waals surface area contributed by atoms with Gasteiger partial charge in [-0.25, -0.2) is 4.98 Å². The van der Waals surface area contributed by atoms with Crippen molar-refractivity contribution < 1.29 is 14.3 Å². The lowest BCUT2D eigenvalue weighted by molar-refractivity contribution is 0.0952. The van der Waals surface area contributed by atoms with E-state index in [4.69, 9.17) is 14.5 Å². The third-order valence-corrected chi connectivity index (χ3v) is 6.39. The van der Waals surface area contributed by atoms with Crippen molar-refractivity contribution in [2.45, 2.75) is 19.9 Å². The van der Waals surface area contributed by atoms with E-state index in [-0.39, 0.29) is 5.91 Å². The van der Waals surface area contributed by atoms with Crippen molar-refractivity contribution in [1.82, 2.24) is 20.5 Å². The lowest BCUT2D eigenvalue weighted by atomic mass is 10.0. The van der Waals surface area contributed by atoms with E-state index in [1.54, 1.807) is 14.2 Å². The molecule has 5 rings (SSSR count). The fourth-order valence-electron chi connectivity index (χ4n) is 4.34. The van der Waals surface area contributed by atoms with E-state index in [9.17, 15) is 4.79 Å². The number of rotatable bonds is 8. The molecule has 0 radical (unpaired) electrons. The number of aromatic amines is 1. The number of carbonyl (C=O) groups is 1. The minimum Gasteiger partial charge on any atom is -0.493 e. The Morgan fingerprint density at radius 1 is 0.865 bits per heavy atom. The molecule has 0 aliphatic heterocycles. The Bertz CT molecular complexity index is 1540. The number of fused-ring (bicyclic) bond motifs is 1. The summed E-state index contributed by atoms with van der Waals surface area (Å²) >= 11 is 0. The molecule has 0 unspecified atom stereocenters. The van der Waals surface area contributed by atoms with Crippen LogP contribution in [0.5, 0.6) is 11.5 Å². The van der Waals surface area contributed by atoms with Crippen LogP contribution in [0.2, 0.25) is 0 Å². The molecule has 186 valence electrons. The molecule has 5 aromatic rings. The number of methoxy groups -OCH3 is 2. The molecule has 1 amide bonds. The van der Waals surface area contributed by atoms with E-state index in [1.165, 1.54) is 5.56 Å². The second kappa shape index (κ2) is 10.5. The highest BCUT2D eigenvalue weighted by Gasteiger charge is 2.21. The highest BCUT2D eigenvalue weighted by atomic mass is 16.5. The molecule has 0 saturated heterocycles. The normalized spacial score (nSPS) is 10.9. The Balaban J connectivity index is 1.62. The molecule has 0 atom stereocenters. The summed E-state index contributed by atoms with van der Waals surface area (Å²) < 4.78 is 10.9. The largest absolute Gasteiger partial charge is 0.493 e. The Kier molecular flexibility index (Phi) is 6.85. The van der Waals surface area contributed by atoms with Gasteiger partial charge in [0, 0.05) is 17.7 Å². The van der Waals surface area contributed by atoms with Crippen LogP contribution in [-0.2, 0) is 13.0 Å². The standard InChI is InChI=1S/C30H28N4O3/c1-4-19-10-12-21(13-11-19)28-27-23(30(35)31-18-20-8-6-5-7-9-20)17-24(32-29(27)34-33-28)22-14-15-25(36-2)26(16-22)37-3/h5-17H,4,18H2,1-3H3,(H,31,35)(H,32,33,34). The molecule has 2 aromatic heterocycles. The predicted molar refractivity (Wildman–Crippen MR) is 145 cm³/mol. The van der Waals surface area contributed by atoms with Gasteiger partial charge in [0.05, 0.1) is 36.6 Å². The molecule has 0 saturated carbocycles. The summed E-state index contributed by atoms with van der Waals surface area (Å²) in [5, 5.41) is 11.3.